The minimum Gasteiger partial charge on any atom is -0.497 e. The van der Waals surface area contributed by atoms with Crippen molar-refractivity contribution in [2.75, 3.05) is 27.9 Å². The Hall–Kier alpha value is -2.69. The average Bonchev–Trinajstić information content (AvgIpc) is 2.62. The first-order chi connectivity index (χ1) is 11.2. The van der Waals surface area contributed by atoms with Crippen molar-refractivity contribution in [1.29, 1.82) is 0 Å². The van der Waals surface area contributed by atoms with Crippen LogP contribution in [0.25, 0.3) is 0 Å². The lowest BCUT2D eigenvalue weighted by Gasteiger charge is -2.17. The largest absolute Gasteiger partial charge is 0.497 e. The standard InChI is InChI=1S/C18H20O5/c1-20-14-7-4-6-13(10-14)17(18(19)22-3)12-23-16-9-5-8-15(11-16)21-2/h4-11,17H,12H2,1-3H3. The second kappa shape index (κ2) is 8.08. The Morgan fingerprint density at radius 3 is 2.17 bits per heavy atom. The summed E-state index contributed by atoms with van der Waals surface area (Å²) in [4.78, 5) is 12.1. The molecule has 5 nitrogen and oxygen atoms in total. The van der Waals surface area contributed by atoms with Gasteiger partial charge in [-0.25, -0.2) is 0 Å². The van der Waals surface area contributed by atoms with Crippen LogP contribution in [0.5, 0.6) is 17.2 Å². The van der Waals surface area contributed by atoms with E-state index in [1.165, 1.54) is 7.11 Å². The highest BCUT2D eigenvalue weighted by atomic mass is 16.5. The van der Waals surface area contributed by atoms with E-state index in [2.05, 4.69) is 0 Å². The number of carbonyl (C=O) groups excluding carboxylic acids is 1. The Kier molecular flexibility index (Phi) is 5.86. The fourth-order valence-electron chi connectivity index (χ4n) is 2.17. The van der Waals surface area contributed by atoms with Gasteiger partial charge in [-0.1, -0.05) is 18.2 Å². The fourth-order valence-corrected chi connectivity index (χ4v) is 2.17. The Bertz CT molecular complexity index is 653. The van der Waals surface area contributed by atoms with Crippen molar-refractivity contribution in [3.63, 3.8) is 0 Å². The summed E-state index contributed by atoms with van der Waals surface area (Å²) in [5, 5.41) is 0. The van der Waals surface area contributed by atoms with Gasteiger partial charge in [-0.2, -0.15) is 0 Å². The van der Waals surface area contributed by atoms with Gasteiger partial charge in [-0.3, -0.25) is 4.79 Å². The third-order valence-electron chi connectivity index (χ3n) is 3.44. The first-order valence-corrected chi connectivity index (χ1v) is 7.16. The Morgan fingerprint density at radius 2 is 1.52 bits per heavy atom. The molecule has 0 N–H and O–H groups in total. The van der Waals surface area contributed by atoms with E-state index in [9.17, 15) is 4.79 Å². The van der Waals surface area contributed by atoms with Crippen LogP contribution < -0.4 is 14.2 Å². The van der Waals surface area contributed by atoms with Gasteiger partial charge in [-0.05, 0) is 29.8 Å². The molecule has 2 rings (SSSR count). The summed E-state index contributed by atoms with van der Waals surface area (Å²) in [7, 11) is 4.53. The van der Waals surface area contributed by atoms with Gasteiger partial charge in [0.05, 0.1) is 21.3 Å². The first kappa shape index (κ1) is 16.7. The van der Waals surface area contributed by atoms with Crippen LogP contribution in [0, 0.1) is 0 Å². The number of benzene rings is 2. The number of carbonyl (C=O) groups is 1. The summed E-state index contributed by atoms with van der Waals surface area (Å²) in [6, 6.07) is 14.5. The van der Waals surface area contributed by atoms with E-state index < -0.39 is 5.92 Å². The summed E-state index contributed by atoms with van der Waals surface area (Å²) in [6.45, 7) is 0.160. The third kappa shape index (κ3) is 4.39. The van der Waals surface area contributed by atoms with Gasteiger partial charge < -0.3 is 18.9 Å². The summed E-state index contributed by atoms with van der Waals surface area (Å²) in [6.07, 6.45) is 0. The summed E-state index contributed by atoms with van der Waals surface area (Å²) < 4.78 is 21.0. The van der Waals surface area contributed by atoms with E-state index in [1.807, 2.05) is 36.4 Å². The van der Waals surface area contributed by atoms with Crippen molar-refractivity contribution in [2.24, 2.45) is 0 Å². The van der Waals surface area contributed by atoms with Gasteiger partial charge in [0.2, 0.25) is 0 Å². The normalized spacial score (nSPS) is 11.4. The molecule has 0 heterocycles. The van der Waals surface area contributed by atoms with E-state index in [-0.39, 0.29) is 12.6 Å². The molecule has 0 radical (unpaired) electrons. The van der Waals surface area contributed by atoms with Crippen LogP contribution in [-0.4, -0.2) is 33.9 Å². The molecule has 1 unspecified atom stereocenters. The van der Waals surface area contributed by atoms with Crippen LogP contribution in [0.15, 0.2) is 48.5 Å². The number of hydrogen-bond donors (Lipinski definition) is 0. The zero-order valence-corrected chi connectivity index (χ0v) is 13.4. The van der Waals surface area contributed by atoms with E-state index in [0.717, 1.165) is 5.56 Å². The molecule has 0 aliphatic rings. The minimum atomic E-state index is -0.540. The highest BCUT2D eigenvalue weighted by Crippen LogP contribution is 2.25. The second-order valence-corrected chi connectivity index (χ2v) is 4.84. The van der Waals surface area contributed by atoms with Crippen LogP contribution >= 0.6 is 0 Å². The van der Waals surface area contributed by atoms with E-state index in [1.54, 1.807) is 26.4 Å². The van der Waals surface area contributed by atoms with Gasteiger partial charge in [0, 0.05) is 6.07 Å². The molecular weight excluding hydrogens is 296 g/mol. The van der Waals surface area contributed by atoms with E-state index in [0.29, 0.717) is 17.2 Å². The fraction of sp³-hybridized carbons (Fsp3) is 0.278. The maximum Gasteiger partial charge on any atom is 0.316 e. The number of rotatable bonds is 7. The molecule has 0 amide bonds. The molecule has 2 aromatic carbocycles. The van der Waals surface area contributed by atoms with Gasteiger partial charge in [0.15, 0.2) is 0 Å². The number of methoxy groups -OCH3 is 3. The predicted molar refractivity (Wildman–Crippen MR) is 86.2 cm³/mol. The monoisotopic (exact) mass is 316 g/mol. The molecular formula is C18H20O5. The van der Waals surface area contributed by atoms with Gasteiger partial charge in [-0.15, -0.1) is 0 Å². The van der Waals surface area contributed by atoms with Gasteiger partial charge in [0.1, 0.15) is 29.8 Å². The van der Waals surface area contributed by atoms with Crippen molar-refractivity contribution < 1.29 is 23.7 Å². The lowest BCUT2D eigenvalue weighted by atomic mass is 10.00. The molecule has 0 saturated carbocycles. The van der Waals surface area contributed by atoms with Crippen LogP contribution in [0.3, 0.4) is 0 Å². The highest BCUT2D eigenvalue weighted by molar-refractivity contribution is 5.78. The molecule has 0 fully saturated rings. The third-order valence-corrected chi connectivity index (χ3v) is 3.44. The number of hydrogen-bond acceptors (Lipinski definition) is 5. The Balaban J connectivity index is 2.16. The molecule has 5 heteroatoms. The summed E-state index contributed by atoms with van der Waals surface area (Å²) in [5.74, 6) is 1.10. The lowest BCUT2D eigenvalue weighted by molar-refractivity contribution is -0.143. The molecule has 0 aromatic heterocycles. The Morgan fingerprint density at radius 1 is 0.913 bits per heavy atom. The molecule has 0 aliphatic heterocycles. The maximum atomic E-state index is 12.1. The van der Waals surface area contributed by atoms with Crippen molar-refractivity contribution >= 4 is 5.97 Å². The molecule has 2 aromatic rings. The predicted octanol–water partition coefficient (Wildman–Crippen LogP) is 3.04. The van der Waals surface area contributed by atoms with Gasteiger partial charge >= 0.3 is 5.97 Å². The van der Waals surface area contributed by atoms with E-state index in [4.69, 9.17) is 18.9 Å². The van der Waals surface area contributed by atoms with Crippen molar-refractivity contribution in [3.8, 4) is 17.2 Å². The van der Waals surface area contributed by atoms with Crippen LogP contribution in [0.4, 0.5) is 0 Å². The number of ether oxygens (including phenoxy) is 4. The van der Waals surface area contributed by atoms with Gasteiger partial charge in [0.25, 0.3) is 0 Å². The number of esters is 1. The molecule has 0 spiro atoms. The minimum absolute atomic E-state index is 0.160. The molecule has 122 valence electrons. The molecule has 0 bridgehead atoms. The second-order valence-electron chi connectivity index (χ2n) is 4.84. The zero-order chi connectivity index (χ0) is 16.7. The van der Waals surface area contributed by atoms with Crippen molar-refractivity contribution in [1.82, 2.24) is 0 Å². The van der Waals surface area contributed by atoms with Crippen LogP contribution in [0.1, 0.15) is 11.5 Å². The molecule has 1 atom stereocenters. The SMILES string of the molecule is COC(=O)C(COc1cccc(OC)c1)c1cccc(OC)c1. The summed E-state index contributed by atoms with van der Waals surface area (Å²) >= 11 is 0. The Labute approximate surface area is 135 Å². The van der Waals surface area contributed by atoms with Crippen molar-refractivity contribution in [3.05, 3.63) is 54.1 Å². The lowest BCUT2D eigenvalue weighted by Crippen LogP contribution is -2.21. The smallest absolute Gasteiger partial charge is 0.316 e. The zero-order valence-electron chi connectivity index (χ0n) is 13.4. The first-order valence-electron chi connectivity index (χ1n) is 7.16. The topological polar surface area (TPSA) is 54.0 Å². The van der Waals surface area contributed by atoms with Crippen LogP contribution in [-0.2, 0) is 9.53 Å². The van der Waals surface area contributed by atoms with Crippen LogP contribution in [0.2, 0.25) is 0 Å². The molecule has 0 saturated heterocycles. The molecule has 0 aliphatic carbocycles. The van der Waals surface area contributed by atoms with Crippen molar-refractivity contribution in [2.45, 2.75) is 5.92 Å². The quantitative estimate of drug-likeness (QED) is 0.735. The van der Waals surface area contributed by atoms with E-state index >= 15 is 0 Å². The summed E-state index contributed by atoms with van der Waals surface area (Å²) in [5.41, 5.74) is 0.777. The molecule has 23 heavy (non-hydrogen) atoms. The average molecular weight is 316 g/mol. The maximum absolute atomic E-state index is 12.1. The highest BCUT2D eigenvalue weighted by Gasteiger charge is 2.23.